The molecule has 20 heavy (non-hydrogen) atoms. The van der Waals surface area contributed by atoms with Gasteiger partial charge in [-0.2, -0.15) is 0 Å². The number of nitro groups is 1. The van der Waals surface area contributed by atoms with Gasteiger partial charge in [-0.25, -0.2) is 0 Å². The van der Waals surface area contributed by atoms with Crippen molar-refractivity contribution in [1.82, 2.24) is 4.90 Å². The van der Waals surface area contributed by atoms with Crippen LogP contribution in [0, 0.1) is 16.0 Å². The fraction of sp³-hybridized carbons (Fsp3) is 0.533. The third kappa shape index (κ3) is 3.63. The van der Waals surface area contributed by atoms with Crippen LogP contribution >= 0.6 is 0 Å². The van der Waals surface area contributed by atoms with E-state index in [0.717, 1.165) is 31.8 Å². The summed E-state index contributed by atoms with van der Waals surface area (Å²) in [6.45, 7) is 4.56. The number of likely N-dealkylation sites (tertiary alicyclic amines) is 1. The lowest BCUT2D eigenvalue weighted by Crippen LogP contribution is -2.37. The Kier molecular flexibility index (Phi) is 4.84. The van der Waals surface area contributed by atoms with Crippen molar-refractivity contribution in [3.05, 3.63) is 39.9 Å². The zero-order chi connectivity index (χ0) is 14.5. The highest BCUT2D eigenvalue weighted by Crippen LogP contribution is 2.20. The molecule has 1 aliphatic heterocycles. The monoisotopic (exact) mass is 276 g/mol. The quantitative estimate of drug-likeness (QED) is 0.471. The van der Waals surface area contributed by atoms with Gasteiger partial charge in [0.25, 0.3) is 5.69 Å². The molecule has 0 spiro atoms. The summed E-state index contributed by atoms with van der Waals surface area (Å²) in [7, 11) is 0. The molecule has 108 valence electrons. The first-order valence-electron chi connectivity index (χ1n) is 7.10. The minimum absolute atomic E-state index is 0.0188. The molecule has 1 aromatic rings. The van der Waals surface area contributed by atoms with Crippen molar-refractivity contribution < 1.29 is 9.72 Å². The number of Topliss-reactive ketones (excluding diaryl/α,β-unsaturated/α-hetero) is 1. The first-order chi connectivity index (χ1) is 9.60. The average Bonchev–Trinajstić information content (AvgIpc) is 2.48. The molecule has 1 aliphatic rings. The van der Waals surface area contributed by atoms with Gasteiger partial charge in [-0.05, 0) is 44.0 Å². The number of carbonyl (C=O) groups is 1. The van der Waals surface area contributed by atoms with E-state index in [1.54, 1.807) is 12.1 Å². The van der Waals surface area contributed by atoms with Crippen LogP contribution in [0.1, 0.15) is 36.5 Å². The molecule has 0 unspecified atom stereocenters. The van der Waals surface area contributed by atoms with Crippen LogP contribution in [0.2, 0.25) is 0 Å². The number of ketones is 1. The van der Waals surface area contributed by atoms with Gasteiger partial charge in [0.05, 0.1) is 11.5 Å². The summed E-state index contributed by atoms with van der Waals surface area (Å²) in [5, 5.41) is 10.6. The van der Waals surface area contributed by atoms with E-state index in [2.05, 4.69) is 11.8 Å². The van der Waals surface area contributed by atoms with Crippen molar-refractivity contribution in [3.63, 3.8) is 0 Å². The van der Waals surface area contributed by atoms with Gasteiger partial charge in [0.15, 0.2) is 5.78 Å². The Morgan fingerprint density at radius 1 is 1.30 bits per heavy atom. The number of hydrogen-bond acceptors (Lipinski definition) is 4. The van der Waals surface area contributed by atoms with E-state index in [1.807, 2.05) is 0 Å². The number of nitro benzene ring substituents is 1. The maximum atomic E-state index is 12.1. The van der Waals surface area contributed by atoms with Crippen LogP contribution in [0.25, 0.3) is 0 Å². The van der Waals surface area contributed by atoms with Crippen LogP contribution in [0.4, 0.5) is 5.69 Å². The van der Waals surface area contributed by atoms with Crippen LogP contribution in [0.3, 0.4) is 0 Å². The predicted molar refractivity (Wildman–Crippen MR) is 76.9 cm³/mol. The third-order valence-electron chi connectivity index (χ3n) is 4.05. The first kappa shape index (κ1) is 14.7. The SMILES string of the molecule is CCC1CCN(CC(=O)c2ccc([N+](=O)[O-])cc2)CC1. The van der Waals surface area contributed by atoms with Gasteiger partial charge >= 0.3 is 0 Å². The number of non-ortho nitro benzene ring substituents is 1. The van der Waals surface area contributed by atoms with Gasteiger partial charge in [0.2, 0.25) is 0 Å². The van der Waals surface area contributed by atoms with Crippen LogP contribution < -0.4 is 0 Å². The molecule has 0 saturated carbocycles. The lowest BCUT2D eigenvalue weighted by molar-refractivity contribution is -0.384. The second-order valence-electron chi connectivity index (χ2n) is 5.35. The molecule has 1 aromatic carbocycles. The average molecular weight is 276 g/mol. The molecule has 0 N–H and O–H groups in total. The molecular formula is C15H20N2O3. The fourth-order valence-corrected chi connectivity index (χ4v) is 2.62. The molecule has 5 nitrogen and oxygen atoms in total. The van der Waals surface area contributed by atoms with Crippen LogP contribution in [-0.2, 0) is 0 Å². The van der Waals surface area contributed by atoms with E-state index < -0.39 is 4.92 Å². The second-order valence-corrected chi connectivity index (χ2v) is 5.35. The van der Waals surface area contributed by atoms with Gasteiger partial charge in [-0.1, -0.05) is 13.3 Å². The smallest absolute Gasteiger partial charge is 0.269 e. The molecule has 0 atom stereocenters. The highest BCUT2D eigenvalue weighted by atomic mass is 16.6. The maximum Gasteiger partial charge on any atom is 0.269 e. The lowest BCUT2D eigenvalue weighted by atomic mass is 9.94. The second kappa shape index (κ2) is 6.61. The van der Waals surface area contributed by atoms with Crippen LogP contribution in [-0.4, -0.2) is 35.2 Å². The van der Waals surface area contributed by atoms with Crippen molar-refractivity contribution in [2.75, 3.05) is 19.6 Å². The predicted octanol–water partition coefficient (Wildman–Crippen LogP) is 2.90. The van der Waals surface area contributed by atoms with Crippen molar-refractivity contribution in [2.45, 2.75) is 26.2 Å². The van der Waals surface area contributed by atoms with Crippen molar-refractivity contribution in [3.8, 4) is 0 Å². The van der Waals surface area contributed by atoms with E-state index >= 15 is 0 Å². The van der Waals surface area contributed by atoms with Gasteiger partial charge < -0.3 is 0 Å². The Bertz CT molecular complexity index is 476. The molecular weight excluding hydrogens is 256 g/mol. The summed E-state index contributed by atoms with van der Waals surface area (Å²) in [6, 6.07) is 5.85. The highest BCUT2D eigenvalue weighted by molar-refractivity contribution is 5.97. The minimum atomic E-state index is -0.455. The molecule has 0 aliphatic carbocycles. The van der Waals surface area contributed by atoms with E-state index in [1.165, 1.54) is 18.6 Å². The Labute approximate surface area is 118 Å². The summed E-state index contributed by atoms with van der Waals surface area (Å²) >= 11 is 0. The maximum absolute atomic E-state index is 12.1. The van der Waals surface area contributed by atoms with E-state index in [9.17, 15) is 14.9 Å². The molecule has 0 bridgehead atoms. The van der Waals surface area contributed by atoms with Gasteiger partial charge in [0.1, 0.15) is 0 Å². The minimum Gasteiger partial charge on any atom is -0.296 e. The molecule has 0 amide bonds. The van der Waals surface area contributed by atoms with Crippen molar-refractivity contribution in [2.24, 2.45) is 5.92 Å². The first-order valence-corrected chi connectivity index (χ1v) is 7.10. The van der Waals surface area contributed by atoms with E-state index in [4.69, 9.17) is 0 Å². The number of hydrogen-bond donors (Lipinski definition) is 0. The van der Waals surface area contributed by atoms with Gasteiger partial charge in [-0.15, -0.1) is 0 Å². The van der Waals surface area contributed by atoms with Crippen molar-refractivity contribution >= 4 is 11.5 Å². The molecule has 0 aromatic heterocycles. The zero-order valence-corrected chi connectivity index (χ0v) is 11.7. The largest absolute Gasteiger partial charge is 0.296 e. The number of carbonyl (C=O) groups excluding carboxylic acids is 1. The summed E-state index contributed by atoms with van der Waals surface area (Å²) in [5.41, 5.74) is 0.568. The van der Waals surface area contributed by atoms with Gasteiger partial charge in [0, 0.05) is 17.7 Å². The molecule has 1 fully saturated rings. The number of rotatable bonds is 5. The number of benzene rings is 1. The molecule has 2 rings (SSSR count). The summed E-state index contributed by atoms with van der Waals surface area (Å²) < 4.78 is 0. The Morgan fingerprint density at radius 2 is 1.90 bits per heavy atom. The third-order valence-corrected chi connectivity index (χ3v) is 4.05. The fourth-order valence-electron chi connectivity index (χ4n) is 2.62. The van der Waals surface area contributed by atoms with Crippen molar-refractivity contribution in [1.29, 1.82) is 0 Å². The number of nitrogens with zero attached hydrogens (tertiary/aromatic N) is 2. The number of piperidine rings is 1. The van der Waals surface area contributed by atoms with Crippen LogP contribution in [0.15, 0.2) is 24.3 Å². The molecule has 5 heteroatoms. The topological polar surface area (TPSA) is 63.5 Å². The van der Waals surface area contributed by atoms with E-state index in [0.29, 0.717) is 12.1 Å². The molecule has 1 heterocycles. The normalized spacial score (nSPS) is 17.1. The summed E-state index contributed by atoms with van der Waals surface area (Å²) in [5.74, 6) is 0.829. The molecule has 0 radical (unpaired) electrons. The highest BCUT2D eigenvalue weighted by Gasteiger charge is 2.20. The Hall–Kier alpha value is -1.75. The molecule has 1 saturated heterocycles. The van der Waals surface area contributed by atoms with E-state index in [-0.39, 0.29) is 11.5 Å². The van der Waals surface area contributed by atoms with Crippen LogP contribution in [0.5, 0.6) is 0 Å². The summed E-state index contributed by atoms with van der Waals surface area (Å²) in [6.07, 6.45) is 3.53. The Morgan fingerprint density at radius 3 is 2.40 bits per heavy atom. The van der Waals surface area contributed by atoms with Gasteiger partial charge in [-0.3, -0.25) is 19.8 Å². The zero-order valence-electron chi connectivity index (χ0n) is 11.7. The lowest BCUT2D eigenvalue weighted by Gasteiger charge is -2.30. The standard InChI is InChI=1S/C15H20N2O3/c1-2-12-7-9-16(10-8-12)11-15(18)13-3-5-14(6-4-13)17(19)20/h3-6,12H,2,7-11H2,1H3. The summed E-state index contributed by atoms with van der Waals surface area (Å²) in [4.78, 5) is 24.4. The Balaban J connectivity index is 1.90.